The first-order chi connectivity index (χ1) is 15.1. The summed E-state index contributed by atoms with van der Waals surface area (Å²) >= 11 is 0. The first-order valence-electron chi connectivity index (χ1n) is 10.5. The molecule has 0 aromatic heterocycles. The SMILES string of the molecule is C=O.CCN1CCN(C(=O)N(Cc2ccc(C)cc2)c2cccc(CF)c2)CC1.CN. The van der Waals surface area contributed by atoms with Crippen LogP contribution in [0.3, 0.4) is 0 Å². The molecule has 0 aliphatic carbocycles. The number of carbonyl (C=O) groups is 2. The number of carbonyl (C=O) groups excluding carboxylic acids is 2. The van der Waals surface area contributed by atoms with Gasteiger partial charge < -0.3 is 20.3 Å². The van der Waals surface area contributed by atoms with Crippen LogP contribution in [0.2, 0.25) is 0 Å². The van der Waals surface area contributed by atoms with Gasteiger partial charge >= 0.3 is 6.03 Å². The monoisotopic (exact) mass is 430 g/mol. The van der Waals surface area contributed by atoms with Gasteiger partial charge in [0, 0.05) is 31.9 Å². The molecule has 0 bridgehead atoms. The normalized spacial score (nSPS) is 13.4. The lowest BCUT2D eigenvalue weighted by Gasteiger charge is -2.37. The van der Waals surface area contributed by atoms with E-state index in [1.165, 1.54) is 12.6 Å². The quantitative estimate of drug-likeness (QED) is 0.787. The van der Waals surface area contributed by atoms with Gasteiger partial charge in [0.15, 0.2) is 0 Å². The average molecular weight is 431 g/mol. The van der Waals surface area contributed by atoms with Gasteiger partial charge in [0.2, 0.25) is 0 Å². The van der Waals surface area contributed by atoms with E-state index >= 15 is 0 Å². The molecule has 7 heteroatoms. The summed E-state index contributed by atoms with van der Waals surface area (Å²) in [5.41, 5.74) is 8.08. The topological polar surface area (TPSA) is 69.9 Å². The minimum absolute atomic E-state index is 0.0117. The molecule has 0 saturated carbocycles. The molecule has 0 spiro atoms. The number of piperazine rings is 1. The first-order valence-corrected chi connectivity index (χ1v) is 10.5. The van der Waals surface area contributed by atoms with E-state index in [2.05, 4.69) is 29.7 Å². The molecule has 170 valence electrons. The predicted octanol–water partition coefficient (Wildman–Crippen LogP) is 3.62. The summed E-state index contributed by atoms with van der Waals surface area (Å²) in [4.78, 5) is 27.3. The van der Waals surface area contributed by atoms with Crippen molar-refractivity contribution in [1.82, 2.24) is 9.80 Å². The summed E-state index contributed by atoms with van der Waals surface area (Å²) in [5.74, 6) is 0. The molecular weight excluding hydrogens is 395 g/mol. The summed E-state index contributed by atoms with van der Waals surface area (Å²) in [6, 6.07) is 15.4. The van der Waals surface area contributed by atoms with E-state index in [0.29, 0.717) is 12.1 Å². The smallest absolute Gasteiger partial charge is 0.324 e. The number of anilines is 1. The van der Waals surface area contributed by atoms with Crippen LogP contribution in [-0.4, -0.2) is 62.4 Å². The van der Waals surface area contributed by atoms with E-state index < -0.39 is 6.67 Å². The molecule has 1 aliphatic rings. The highest BCUT2D eigenvalue weighted by Crippen LogP contribution is 2.22. The van der Waals surface area contributed by atoms with Crippen LogP contribution in [0.5, 0.6) is 0 Å². The zero-order chi connectivity index (χ0) is 23.2. The second-order valence-corrected chi connectivity index (χ2v) is 7.08. The standard InChI is InChI=1S/C22H28FN3O.CH5N.CH2O/c1-3-24-11-13-25(14-12-24)22(27)26(17-19-9-7-18(2)8-10-19)21-6-4-5-20(15-21)16-23;2*1-2/h4-10,15H,3,11-14,16-17H2,1-2H3;2H2,1H3;1H2. The van der Waals surface area contributed by atoms with Gasteiger partial charge in [0.25, 0.3) is 0 Å². The number of benzene rings is 2. The van der Waals surface area contributed by atoms with Crippen molar-refractivity contribution in [3.63, 3.8) is 0 Å². The molecule has 2 aromatic carbocycles. The Balaban J connectivity index is 0.00000113. The number of hydrogen-bond donors (Lipinski definition) is 1. The number of likely N-dealkylation sites (N-methyl/N-ethyl adjacent to an activating group) is 1. The Labute approximate surface area is 185 Å². The molecule has 1 heterocycles. The molecule has 2 aromatic rings. The largest absolute Gasteiger partial charge is 0.333 e. The highest BCUT2D eigenvalue weighted by Gasteiger charge is 2.26. The Kier molecular flexibility index (Phi) is 12.1. The molecule has 1 fully saturated rings. The van der Waals surface area contributed by atoms with Gasteiger partial charge in [-0.25, -0.2) is 9.18 Å². The molecule has 1 saturated heterocycles. The van der Waals surface area contributed by atoms with E-state index in [9.17, 15) is 9.18 Å². The lowest BCUT2D eigenvalue weighted by atomic mass is 10.1. The molecule has 0 atom stereocenters. The second kappa shape index (κ2) is 14.3. The van der Waals surface area contributed by atoms with Crippen LogP contribution in [0.4, 0.5) is 14.9 Å². The maximum absolute atomic E-state index is 13.3. The zero-order valence-corrected chi connectivity index (χ0v) is 18.9. The number of rotatable bonds is 5. The minimum atomic E-state index is -0.532. The van der Waals surface area contributed by atoms with Crippen molar-refractivity contribution >= 4 is 18.5 Å². The summed E-state index contributed by atoms with van der Waals surface area (Å²) in [7, 11) is 1.50. The molecule has 6 nitrogen and oxygen atoms in total. The average Bonchev–Trinajstić information content (AvgIpc) is 2.86. The molecular formula is C24H35FN4O2. The van der Waals surface area contributed by atoms with E-state index in [1.807, 2.05) is 42.9 Å². The molecule has 2 amide bonds. The summed E-state index contributed by atoms with van der Waals surface area (Å²) in [5, 5.41) is 0. The van der Waals surface area contributed by atoms with Gasteiger partial charge in [-0.2, -0.15) is 0 Å². The first kappa shape index (κ1) is 26.3. The van der Waals surface area contributed by atoms with Crippen molar-refractivity contribution in [3.05, 3.63) is 65.2 Å². The zero-order valence-electron chi connectivity index (χ0n) is 18.9. The molecule has 1 aliphatic heterocycles. The number of nitrogens with zero attached hydrogens (tertiary/aromatic N) is 3. The van der Waals surface area contributed by atoms with Crippen LogP contribution in [0.1, 0.15) is 23.6 Å². The van der Waals surface area contributed by atoms with Crippen molar-refractivity contribution < 1.29 is 14.0 Å². The number of halogens is 1. The third kappa shape index (κ3) is 7.77. The van der Waals surface area contributed by atoms with Gasteiger partial charge in [0.1, 0.15) is 13.5 Å². The van der Waals surface area contributed by atoms with Gasteiger partial charge in [-0.1, -0.05) is 48.9 Å². The fourth-order valence-corrected chi connectivity index (χ4v) is 3.38. The molecule has 2 N–H and O–H groups in total. The maximum Gasteiger partial charge on any atom is 0.324 e. The van der Waals surface area contributed by atoms with Gasteiger partial charge in [0.05, 0.1) is 6.54 Å². The predicted molar refractivity (Wildman–Crippen MR) is 125 cm³/mol. The van der Waals surface area contributed by atoms with Gasteiger partial charge in [-0.05, 0) is 43.8 Å². The second-order valence-electron chi connectivity index (χ2n) is 7.08. The Morgan fingerprint density at radius 3 is 2.19 bits per heavy atom. The number of nitrogens with two attached hydrogens (primary N) is 1. The van der Waals surface area contributed by atoms with Crippen molar-refractivity contribution in [2.24, 2.45) is 5.73 Å². The molecule has 0 radical (unpaired) electrons. The van der Waals surface area contributed by atoms with Crippen LogP contribution in [0.25, 0.3) is 0 Å². The van der Waals surface area contributed by atoms with Crippen LogP contribution in [-0.2, 0) is 18.0 Å². The Bertz CT molecular complexity index is 777. The van der Waals surface area contributed by atoms with Crippen molar-refractivity contribution in [2.45, 2.75) is 27.1 Å². The van der Waals surface area contributed by atoms with Gasteiger partial charge in [-0.3, -0.25) is 4.90 Å². The van der Waals surface area contributed by atoms with Crippen molar-refractivity contribution in [2.75, 3.05) is 44.7 Å². The number of aryl methyl sites for hydroxylation is 1. The Hall–Kier alpha value is -2.77. The van der Waals surface area contributed by atoms with Gasteiger partial charge in [-0.15, -0.1) is 0 Å². The van der Waals surface area contributed by atoms with E-state index in [1.54, 1.807) is 17.0 Å². The maximum atomic E-state index is 13.3. The number of alkyl halides is 1. The Morgan fingerprint density at radius 2 is 1.65 bits per heavy atom. The number of hydrogen-bond acceptors (Lipinski definition) is 4. The third-order valence-electron chi connectivity index (χ3n) is 5.16. The highest BCUT2D eigenvalue weighted by atomic mass is 19.1. The van der Waals surface area contributed by atoms with E-state index in [4.69, 9.17) is 4.79 Å². The van der Waals surface area contributed by atoms with E-state index in [-0.39, 0.29) is 6.03 Å². The van der Waals surface area contributed by atoms with Crippen LogP contribution >= 0.6 is 0 Å². The summed E-state index contributed by atoms with van der Waals surface area (Å²) < 4.78 is 13.2. The highest BCUT2D eigenvalue weighted by molar-refractivity contribution is 5.92. The fraction of sp³-hybridized carbons (Fsp3) is 0.417. The van der Waals surface area contributed by atoms with Crippen LogP contribution < -0.4 is 10.6 Å². The number of amides is 2. The lowest BCUT2D eigenvalue weighted by Crippen LogP contribution is -2.52. The van der Waals surface area contributed by atoms with Crippen LogP contribution in [0.15, 0.2) is 48.5 Å². The Morgan fingerprint density at radius 1 is 1.03 bits per heavy atom. The lowest BCUT2D eigenvalue weighted by molar-refractivity contribution is -0.0980. The van der Waals surface area contributed by atoms with Crippen molar-refractivity contribution in [1.29, 1.82) is 0 Å². The molecule has 31 heavy (non-hydrogen) atoms. The van der Waals surface area contributed by atoms with Crippen LogP contribution in [0, 0.1) is 6.92 Å². The fourth-order valence-electron chi connectivity index (χ4n) is 3.38. The summed E-state index contributed by atoms with van der Waals surface area (Å²) in [6.45, 7) is 10.4. The molecule has 3 rings (SSSR count). The number of urea groups is 1. The van der Waals surface area contributed by atoms with Crippen molar-refractivity contribution in [3.8, 4) is 0 Å². The summed E-state index contributed by atoms with van der Waals surface area (Å²) in [6.07, 6.45) is 0. The molecule has 0 unspecified atom stereocenters. The minimum Gasteiger partial charge on any atom is -0.333 e. The van der Waals surface area contributed by atoms with E-state index in [0.717, 1.165) is 44.0 Å². The third-order valence-corrected chi connectivity index (χ3v) is 5.16.